The first kappa shape index (κ1) is 20.2. The summed E-state index contributed by atoms with van der Waals surface area (Å²) in [6.07, 6.45) is 1.88. The molecule has 0 saturated carbocycles. The number of pyridine rings is 1. The minimum atomic E-state index is -0.937. The quantitative estimate of drug-likeness (QED) is 0.302. The molecule has 1 unspecified atom stereocenters. The number of aromatic carboxylic acids is 1. The Kier molecular flexibility index (Phi) is 5.11. The van der Waals surface area contributed by atoms with Crippen molar-refractivity contribution in [2.75, 3.05) is 5.32 Å². The number of fused-ring (bicyclic) bond motifs is 3. The van der Waals surface area contributed by atoms with Crippen LogP contribution in [0.5, 0.6) is 0 Å². The molecule has 32 heavy (non-hydrogen) atoms. The van der Waals surface area contributed by atoms with Crippen molar-refractivity contribution < 1.29 is 9.90 Å². The first-order valence-electron chi connectivity index (χ1n) is 10.5. The predicted octanol–water partition coefficient (Wildman–Crippen LogP) is 7.30. The zero-order valence-corrected chi connectivity index (χ0v) is 18.6. The maximum absolute atomic E-state index is 11.6. The minimum Gasteiger partial charge on any atom is -0.478 e. The molecule has 2 heterocycles. The highest BCUT2D eigenvalue weighted by atomic mass is 32.1. The molecule has 0 amide bonds. The normalized spacial score (nSPS) is 12.2. The molecule has 0 aliphatic heterocycles. The molecule has 158 valence electrons. The van der Waals surface area contributed by atoms with E-state index in [4.69, 9.17) is 4.98 Å². The third-order valence-electron chi connectivity index (χ3n) is 5.71. The van der Waals surface area contributed by atoms with Gasteiger partial charge in [0.15, 0.2) is 0 Å². The van der Waals surface area contributed by atoms with Crippen molar-refractivity contribution in [2.45, 2.75) is 19.9 Å². The van der Waals surface area contributed by atoms with Crippen molar-refractivity contribution in [3.05, 3.63) is 95.7 Å². The first-order chi connectivity index (χ1) is 15.5. The molecule has 5 aromatic rings. The van der Waals surface area contributed by atoms with E-state index in [1.54, 1.807) is 23.5 Å². The SMILES string of the molecule is Cc1cc(C(C)Nc2ccccc2C(=O)O)c2sc3c(-c4ccccc4)ccnc3c2c1. The smallest absolute Gasteiger partial charge is 0.337 e. The summed E-state index contributed by atoms with van der Waals surface area (Å²) < 4.78 is 2.34. The number of hydrogen-bond donors (Lipinski definition) is 2. The maximum Gasteiger partial charge on any atom is 0.337 e. The van der Waals surface area contributed by atoms with E-state index in [0.717, 1.165) is 22.0 Å². The zero-order chi connectivity index (χ0) is 22.2. The molecule has 1 atom stereocenters. The van der Waals surface area contributed by atoms with Crippen LogP contribution in [-0.2, 0) is 0 Å². The zero-order valence-electron chi connectivity index (χ0n) is 17.8. The molecule has 0 aliphatic rings. The number of thiophene rings is 1. The molecule has 0 fully saturated rings. The number of carboxylic acids is 1. The van der Waals surface area contributed by atoms with Gasteiger partial charge in [-0.2, -0.15) is 0 Å². The summed E-state index contributed by atoms with van der Waals surface area (Å²) in [7, 11) is 0. The van der Waals surface area contributed by atoms with E-state index < -0.39 is 5.97 Å². The average molecular weight is 439 g/mol. The van der Waals surface area contributed by atoms with E-state index >= 15 is 0 Å². The summed E-state index contributed by atoms with van der Waals surface area (Å²) in [6, 6.07) is 23.8. The minimum absolute atomic E-state index is 0.0777. The van der Waals surface area contributed by atoms with E-state index in [0.29, 0.717) is 5.69 Å². The molecule has 0 radical (unpaired) electrons. The van der Waals surface area contributed by atoms with Crippen LogP contribution in [0.1, 0.15) is 34.5 Å². The van der Waals surface area contributed by atoms with Crippen LogP contribution in [0.4, 0.5) is 5.69 Å². The van der Waals surface area contributed by atoms with Crippen LogP contribution in [-0.4, -0.2) is 16.1 Å². The molecule has 2 aromatic heterocycles. The van der Waals surface area contributed by atoms with Crippen LogP contribution in [0.3, 0.4) is 0 Å². The van der Waals surface area contributed by atoms with Gasteiger partial charge in [0.25, 0.3) is 0 Å². The third kappa shape index (κ3) is 3.51. The largest absolute Gasteiger partial charge is 0.478 e. The summed E-state index contributed by atoms with van der Waals surface area (Å²) in [6.45, 7) is 4.16. The van der Waals surface area contributed by atoms with Crippen molar-refractivity contribution in [3.63, 3.8) is 0 Å². The van der Waals surface area contributed by atoms with Gasteiger partial charge in [0.05, 0.1) is 15.8 Å². The molecule has 4 nitrogen and oxygen atoms in total. The molecule has 5 rings (SSSR count). The van der Waals surface area contributed by atoms with Gasteiger partial charge in [-0.15, -0.1) is 11.3 Å². The van der Waals surface area contributed by atoms with E-state index in [2.05, 4.69) is 61.6 Å². The lowest BCUT2D eigenvalue weighted by atomic mass is 10.0. The van der Waals surface area contributed by atoms with E-state index in [1.807, 2.05) is 24.4 Å². The number of hydrogen-bond acceptors (Lipinski definition) is 4. The van der Waals surface area contributed by atoms with Gasteiger partial charge >= 0.3 is 5.97 Å². The molecule has 0 bridgehead atoms. The fraction of sp³-hybridized carbons (Fsp3) is 0.111. The highest BCUT2D eigenvalue weighted by Crippen LogP contribution is 2.42. The van der Waals surface area contributed by atoms with E-state index in [9.17, 15) is 9.90 Å². The van der Waals surface area contributed by atoms with Crippen LogP contribution >= 0.6 is 11.3 Å². The summed E-state index contributed by atoms with van der Waals surface area (Å²) in [5.41, 5.74) is 6.54. The fourth-order valence-electron chi connectivity index (χ4n) is 4.21. The summed E-state index contributed by atoms with van der Waals surface area (Å²) in [5.74, 6) is -0.937. The molecule has 2 N–H and O–H groups in total. The number of carboxylic acid groups (broad SMARTS) is 1. The second kappa shape index (κ2) is 8.09. The van der Waals surface area contributed by atoms with Crippen molar-refractivity contribution in [3.8, 4) is 11.1 Å². The van der Waals surface area contributed by atoms with Gasteiger partial charge in [-0.05, 0) is 49.2 Å². The summed E-state index contributed by atoms with van der Waals surface area (Å²) in [5, 5.41) is 14.1. The Bertz CT molecular complexity index is 1460. The van der Waals surface area contributed by atoms with Crippen molar-refractivity contribution >= 4 is 43.3 Å². The Labute approximate surface area is 190 Å². The van der Waals surface area contributed by atoms with Crippen LogP contribution in [0.15, 0.2) is 79.0 Å². The summed E-state index contributed by atoms with van der Waals surface area (Å²) >= 11 is 1.75. The first-order valence-corrected chi connectivity index (χ1v) is 11.3. The van der Waals surface area contributed by atoms with Gasteiger partial charge in [-0.3, -0.25) is 4.98 Å². The second-order valence-electron chi connectivity index (χ2n) is 7.95. The lowest BCUT2D eigenvalue weighted by Crippen LogP contribution is -2.11. The third-order valence-corrected chi connectivity index (χ3v) is 6.98. The number of nitrogens with one attached hydrogen (secondary N) is 1. The molecule has 0 aliphatic carbocycles. The van der Waals surface area contributed by atoms with Crippen molar-refractivity contribution in [1.29, 1.82) is 0 Å². The number of aromatic nitrogens is 1. The Morgan fingerprint density at radius 1 is 1.00 bits per heavy atom. The van der Waals surface area contributed by atoms with Crippen LogP contribution in [0.2, 0.25) is 0 Å². The summed E-state index contributed by atoms with van der Waals surface area (Å²) in [4.78, 5) is 16.4. The monoisotopic (exact) mass is 438 g/mol. The molecular weight excluding hydrogens is 416 g/mol. The van der Waals surface area contributed by atoms with Gasteiger partial charge < -0.3 is 10.4 Å². The van der Waals surface area contributed by atoms with Crippen LogP contribution in [0, 0.1) is 6.92 Å². The number of anilines is 1. The Morgan fingerprint density at radius 3 is 2.53 bits per heavy atom. The van der Waals surface area contributed by atoms with Crippen LogP contribution < -0.4 is 5.32 Å². The van der Waals surface area contributed by atoms with Gasteiger partial charge in [0, 0.05) is 33.6 Å². The predicted molar refractivity (Wildman–Crippen MR) is 133 cm³/mol. The highest BCUT2D eigenvalue weighted by Gasteiger charge is 2.19. The topological polar surface area (TPSA) is 62.2 Å². The van der Waals surface area contributed by atoms with Gasteiger partial charge in [-0.1, -0.05) is 54.1 Å². The van der Waals surface area contributed by atoms with E-state index in [1.165, 1.54) is 20.5 Å². The highest BCUT2D eigenvalue weighted by molar-refractivity contribution is 7.26. The molecule has 0 saturated heterocycles. The van der Waals surface area contributed by atoms with Gasteiger partial charge in [0.2, 0.25) is 0 Å². The van der Waals surface area contributed by atoms with E-state index in [-0.39, 0.29) is 11.6 Å². The second-order valence-corrected chi connectivity index (χ2v) is 8.97. The molecule has 5 heteroatoms. The number of aryl methyl sites for hydroxylation is 1. The molecule has 3 aromatic carbocycles. The van der Waals surface area contributed by atoms with Gasteiger partial charge in [-0.25, -0.2) is 4.79 Å². The number of benzene rings is 3. The number of rotatable bonds is 5. The lowest BCUT2D eigenvalue weighted by molar-refractivity contribution is 0.0698. The maximum atomic E-state index is 11.6. The van der Waals surface area contributed by atoms with Gasteiger partial charge in [0.1, 0.15) is 0 Å². The average Bonchev–Trinajstić information content (AvgIpc) is 3.18. The van der Waals surface area contributed by atoms with Crippen LogP contribution in [0.25, 0.3) is 31.4 Å². The lowest BCUT2D eigenvalue weighted by Gasteiger charge is -2.18. The Balaban J connectivity index is 1.67. The van der Waals surface area contributed by atoms with Crippen molar-refractivity contribution in [1.82, 2.24) is 4.98 Å². The van der Waals surface area contributed by atoms with Crippen molar-refractivity contribution in [2.24, 2.45) is 0 Å². The number of nitrogens with zero attached hydrogens (tertiary/aromatic N) is 1. The Hall–Kier alpha value is -3.70. The fourth-order valence-corrected chi connectivity index (χ4v) is 5.59. The standard InChI is InChI=1S/C27H22N2O2S/c1-16-14-21(17(2)29-23-11-7-6-10-20(23)27(30)31)25-22(15-16)24-26(32-25)19(12-13-28-24)18-8-4-3-5-9-18/h3-15,17,29H,1-2H3,(H,30,31). The Morgan fingerprint density at radius 2 is 1.75 bits per heavy atom. The number of carbonyl (C=O) groups is 1. The number of para-hydroxylation sites is 1. The molecule has 0 spiro atoms. The molecular formula is C27H22N2O2S.